The van der Waals surface area contributed by atoms with E-state index in [1.807, 2.05) is 12.3 Å². The molecule has 0 fully saturated rings. The Bertz CT molecular complexity index is 674. The first-order chi connectivity index (χ1) is 9.57. The van der Waals surface area contributed by atoms with Gasteiger partial charge in [0.2, 0.25) is 0 Å². The normalized spacial score (nSPS) is 12.1. The van der Waals surface area contributed by atoms with Gasteiger partial charge in [-0.2, -0.15) is 0 Å². The minimum Gasteiger partial charge on any atom is -0.347 e. The van der Waals surface area contributed by atoms with Crippen molar-refractivity contribution in [3.63, 3.8) is 0 Å². The number of rotatable bonds is 7. The fourth-order valence-corrected chi connectivity index (χ4v) is 3.31. The maximum absolute atomic E-state index is 11.5. The van der Waals surface area contributed by atoms with Gasteiger partial charge in [-0.3, -0.25) is 0 Å². The maximum Gasteiger partial charge on any atom is 0.150 e. The average molecular weight is 294 g/mol. The summed E-state index contributed by atoms with van der Waals surface area (Å²) in [7, 11) is -2.87. The van der Waals surface area contributed by atoms with Gasteiger partial charge in [0.15, 0.2) is 0 Å². The van der Waals surface area contributed by atoms with E-state index < -0.39 is 9.84 Å². The summed E-state index contributed by atoms with van der Waals surface area (Å²) in [5, 5.41) is 1.22. The lowest BCUT2D eigenvalue weighted by Crippen LogP contribution is -2.11. The second-order valence-electron chi connectivity index (χ2n) is 4.99. The van der Waals surface area contributed by atoms with E-state index in [2.05, 4.69) is 22.8 Å². The van der Waals surface area contributed by atoms with Crippen molar-refractivity contribution in [2.75, 3.05) is 18.1 Å². The largest absolute Gasteiger partial charge is 0.347 e. The molecule has 0 radical (unpaired) electrons. The third kappa shape index (κ3) is 3.41. The number of benzene rings is 1. The lowest BCUT2D eigenvalue weighted by atomic mass is 10.1. The van der Waals surface area contributed by atoms with Crippen molar-refractivity contribution in [1.29, 1.82) is 0 Å². The van der Waals surface area contributed by atoms with Crippen molar-refractivity contribution in [3.05, 3.63) is 36.0 Å². The van der Waals surface area contributed by atoms with Crippen LogP contribution in [0, 0.1) is 0 Å². The quantitative estimate of drug-likeness (QED) is 0.849. The Morgan fingerprint density at radius 2 is 2.05 bits per heavy atom. The van der Waals surface area contributed by atoms with Crippen LogP contribution >= 0.6 is 0 Å². The standard InChI is InChI=1S/C15H22N2O2S/c1-2-20(18,19)12-4-10-17-11-8-14-13(7-9-16)5-3-6-15(14)17/h3,5-6,8,11H,2,4,7,9-10,12,16H2,1H3. The molecule has 0 saturated heterocycles. The first kappa shape index (κ1) is 15.1. The maximum atomic E-state index is 11.5. The van der Waals surface area contributed by atoms with Crippen LogP contribution in [0.5, 0.6) is 0 Å². The second kappa shape index (κ2) is 6.41. The first-order valence-corrected chi connectivity index (χ1v) is 8.87. The summed E-state index contributed by atoms with van der Waals surface area (Å²) in [4.78, 5) is 0. The molecule has 0 atom stereocenters. The van der Waals surface area contributed by atoms with Crippen molar-refractivity contribution in [2.45, 2.75) is 26.3 Å². The van der Waals surface area contributed by atoms with E-state index in [9.17, 15) is 8.42 Å². The van der Waals surface area contributed by atoms with Crippen molar-refractivity contribution >= 4 is 20.7 Å². The Morgan fingerprint density at radius 1 is 1.25 bits per heavy atom. The van der Waals surface area contributed by atoms with E-state index in [0.717, 1.165) is 18.5 Å². The monoisotopic (exact) mass is 294 g/mol. The number of nitrogens with two attached hydrogens (primary N) is 1. The van der Waals surface area contributed by atoms with Crippen LogP contribution in [0.1, 0.15) is 18.9 Å². The number of nitrogens with zero attached hydrogens (tertiary/aromatic N) is 1. The van der Waals surface area contributed by atoms with E-state index in [0.29, 0.717) is 13.0 Å². The molecule has 0 amide bonds. The lowest BCUT2D eigenvalue weighted by molar-refractivity contribution is 0.589. The van der Waals surface area contributed by atoms with Gasteiger partial charge < -0.3 is 10.3 Å². The zero-order valence-corrected chi connectivity index (χ0v) is 12.7. The van der Waals surface area contributed by atoms with Crippen molar-refractivity contribution in [2.24, 2.45) is 5.73 Å². The molecule has 20 heavy (non-hydrogen) atoms. The molecule has 1 heterocycles. The van der Waals surface area contributed by atoms with Crippen LogP contribution in [0.2, 0.25) is 0 Å². The smallest absolute Gasteiger partial charge is 0.150 e. The molecule has 0 unspecified atom stereocenters. The van der Waals surface area contributed by atoms with E-state index in [4.69, 9.17) is 5.73 Å². The van der Waals surface area contributed by atoms with Gasteiger partial charge in [-0.05, 0) is 37.1 Å². The predicted molar refractivity (Wildman–Crippen MR) is 83.6 cm³/mol. The molecule has 4 nitrogen and oxygen atoms in total. The molecule has 1 aromatic heterocycles. The molecule has 0 aliphatic heterocycles. The van der Waals surface area contributed by atoms with E-state index >= 15 is 0 Å². The Hall–Kier alpha value is -1.33. The lowest BCUT2D eigenvalue weighted by Gasteiger charge is -2.07. The highest BCUT2D eigenvalue weighted by molar-refractivity contribution is 7.91. The number of hydrogen-bond donors (Lipinski definition) is 1. The average Bonchev–Trinajstić information content (AvgIpc) is 2.84. The minimum absolute atomic E-state index is 0.222. The number of sulfone groups is 1. The third-order valence-corrected chi connectivity index (χ3v) is 5.40. The van der Waals surface area contributed by atoms with Gasteiger partial charge in [0.05, 0.1) is 5.75 Å². The van der Waals surface area contributed by atoms with Crippen LogP contribution in [0.25, 0.3) is 10.9 Å². The van der Waals surface area contributed by atoms with Gasteiger partial charge in [0.1, 0.15) is 9.84 Å². The van der Waals surface area contributed by atoms with Crippen molar-refractivity contribution < 1.29 is 8.42 Å². The van der Waals surface area contributed by atoms with Gasteiger partial charge in [0, 0.05) is 29.4 Å². The minimum atomic E-state index is -2.87. The molecular formula is C15H22N2O2S. The Kier molecular flexibility index (Phi) is 4.83. The highest BCUT2D eigenvalue weighted by Gasteiger charge is 2.08. The predicted octanol–water partition coefficient (Wildman–Crippen LogP) is 1.97. The van der Waals surface area contributed by atoms with E-state index in [-0.39, 0.29) is 11.5 Å². The zero-order valence-electron chi connectivity index (χ0n) is 11.9. The summed E-state index contributed by atoms with van der Waals surface area (Å²) in [6.45, 7) is 3.06. The Balaban J connectivity index is 2.14. The van der Waals surface area contributed by atoms with E-state index in [1.165, 1.54) is 10.9 Å². The molecule has 0 bridgehead atoms. The zero-order chi connectivity index (χ0) is 14.6. The summed E-state index contributed by atoms with van der Waals surface area (Å²) >= 11 is 0. The van der Waals surface area contributed by atoms with Crippen LogP contribution in [0.3, 0.4) is 0 Å². The summed E-state index contributed by atoms with van der Waals surface area (Å²) in [5.41, 5.74) is 8.04. The third-order valence-electron chi connectivity index (χ3n) is 3.61. The Labute approximate surface area is 120 Å². The molecule has 1 aromatic carbocycles. The fourth-order valence-electron chi connectivity index (χ4n) is 2.45. The van der Waals surface area contributed by atoms with Crippen LogP contribution in [-0.2, 0) is 22.8 Å². The summed E-state index contributed by atoms with van der Waals surface area (Å²) < 4.78 is 25.1. The van der Waals surface area contributed by atoms with Crippen molar-refractivity contribution in [3.8, 4) is 0 Å². The van der Waals surface area contributed by atoms with Gasteiger partial charge in [-0.1, -0.05) is 19.1 Å². The van der Waals surface area contributed by atoms with Gasteiger partial charge in [-0.15, -0.1) is 0 Å². The molecule has 0 aliphatic carbocycles. The molecule has 2 aromatic rings. The van der Waals surface area contributed by atoms with Crippen molar-refractivity contribution in [1.82, 2.24) is 4.57 Å². The molecular weight excluding hydrogens is 272 g/mol. The fraction of sp³-hybridized carbons (Fsp3) is 0.467. The number of aryl methyl sites for hydroxylation is 1. The summed E-state index contributed by atoms with van der Waals surface area (Å²) in [6.07, 6.45) is 3.55. The second-order valence-corrected chi connectivity index (χ2v) is 7.46. The van der Waals surface area contributed by atoms with Gasteiger partial charge >= 0.3 is 0 Å². The highest BCUT2D eigenvalue weighted by Crippen LogP contribution is 2.21. The first-order valence-electron chi connectivity index (χ1n) is 7.04. The van der Waals surface area contributed by atoms with Crippen LogP contribution < -0.4 is 5.73 Å². The molecule has 2 N–H and O–H groups in total. The number of fused-ring (bicyclic) bond motifs is 1. The molecule has 110 valence electrons. The molecule has 5 heteroatoms. The summed E-state index contributed by atoms with van der Waals surface area (Å²) in [5.74, 6) is 0.478. The SMILES string of the molecule is CCS(=O)(=O)CCCn1ccc2c(CCN)cccc21. The number of aromatic nitrogens is 1. The topological polar surface area (TPSA) is 65.1 Å². The Morgan fingerprint density at radius 3 is 2.75 bits per heavy atom. The summed E-state index contributed by atoms with van der Waals surface area (Å²) in [6, 6.07) is 8.30. The van der Waals surface area contributed by atoms with Gasteiger partial charge in [-0.25, -0.2) is 8.42 Å². The van der Waals surface area contributed by atoms with E-state index in [1.54, 1.807) is 6.92 Å². The van der Waals surface area contributed by atoms with Crippen LogP contribution in [0.4, 0.5) is 0 Å². The molecule has 0 spiro atoms. The van der Waals surface area contributed by atoms with Gasteiger partial charge in [0.25, 0.3) is 0 Å². The van der Waals surface area contributed by atoms with Crippen LogP contribution in [0.15, 0.2) is 30.5 Å². The van der Waals surface area contributed by atoms with Crippen LogP contribution in [-0.4, -0.2) is 31.0 Å². The molecule has 0 saturated carbocycles. The molecule has 2 rings (SSSR count). The number of hydrogen-bond acceptors (Lipinski definition) is 3. The molecule has 0 aliphatic rings. The highest BCUT2D eigenvalue weighted by atomic mass is 32.2.